The Balaban J connectivity index is 1.75. The Morgan fingerprint density at radius 1 is 1.37 bits per heavy atom. The van der Waals surface area contributed by atoms with Crippen molar-refractivity contribution in [3.63, 3.8) is 0 Å². The van der Waals surface area contributed by atoms with E-state index in [0.29, 0.717) is 23.7 Å². The monoisotopic (exact) mass is 262 g/mol. The number of carbonyl (C=O) groups is 2. The molecule has 6 heteroatoms. The van der Waals surface area contributed by atoms with Gasteiger partial charge in [-0.2, -0.15) is 0 Å². The number of benzene rings is 1. The van der Waals surface area contributed by atoms with Gasteiger partial charge in [0.2, 0.25) is 18.6 Å². The average molecular weight is 262 g/mol. The maximum Gasteiger partial charge on any atom is 0.232 e. The number of anilines is 1. The molecule has 0 aliphatic carbocycles. The van der Waals surface area contributed by atoms with Crippen LogP contribution in [-0.4, -0.2) is 25.2 Å². The first-order chi connectivity index (χ1) is 9.07. The minimum atomic E-state index is -0.701. The SMILES string of the molecule is CC1(C(=O)Nc2ccc3c(c2)OCO3)CNC(=O)C1. The maximum atomic E-state index is 12.2. The molecule has 0 bridgehead atoms. The van der Waals surface area contributed by atoms with Crippen LogP contribution in [0.1, 0.15) is 13.3 Å². The molecule has 2 heterocycles. The van der Waals surface area contributed by atoms with Crippen LogP contribution in [0.3, 0.4) is 0 Å². The highest BCUT2D eigenvalue weighted by Gasteiger charge is 2.40. The second kappa shape index (κ2) is 4.15. The van der Waals surface area contributed by atoms with E-state index in [1.165, 1.54) is 0 Å². The molecular weight excluding hydrogens is 248 g/mol. The smallest absolute Gasteiger partial charge is 0.232 e. The molecule has 1 aromatic rings. The molecule has 2 aliphatic rings. The lowest BCUT2D eigenvalue weighted by atomic mass is 9.88. The number of fused-ring (bicyclic) bond motifs is 1. The lowest BCUT2D eigenvalue weighted by molar-refractivity contribution is -0.126. The Morgan fingerprint density at radius 2 is 2.16 bits per heavy atom. The minimum absolute atomic E-state index is 0.0941. The Morgan fingerprint density at radius 3 is 2.89 bits per heavy atom. The summed E-state index contributed by atoms with van der Waals surface area (Å²) in [5.74, 6) is 1.01. The summed E-state index contributed by atoms with van der Waals surface area (Å²) >= 11 is 0. The average Bonchev–Trinajstić information content (AvgIpc) is 2.96. The van der Waals surface area contributed by atoms with Crippen LogP contribution in [0.2, 0.25) is 0 Å². The lowest BCUT2D eigenvalue weighted by Gasteiger charge is -2.20. The van der Waals surface area contributed by atoms with E-state index in [9.17, 15) is 9.59 Å². The molecule has 2 aliphatic heterocycles. The van der Waals surface area contributed by atoms with Gasteiger partial charge in [0.25, 0.3) is 0 Å². The van der Waals surface area contributed by atoms with Crippen LogP contribution >= 0.6 is 0 Å². The summed E-state index contributed by atoms with van der Waals surface area (Å²) in [6.45, 7) is 2.33. The normalized spacial score (nSPS) is 24.2. The van der Waals surface area contributed by atoms with Gasteiger partial charge >= 0.3 is 0 Å². The number of hydrogen-bond acceptors (Lipinski definition) is 4. The van der Waals surface area contributed by atoms with Crippen molar-refractivity contribution in [2.24, 2.45) is 5.41 Å². The van der Waals surface area contributed by atoms with Crippen molar-refractivity contribution in [3.05, 3.63) is 18.2 Å². The molecule has 19 heavy (non-hydrogen) atoms. The van der Waals surface area contributed by atoms with Crippen molar-refractivity contribution in [1.29, 1.82) is 0 Å². The first kappa shape index (κ1) is 11.8. The fourth-order valence-electron chi connectivity index (χ4n) is 2.19. The summed E-state index contributed by atoms with van der Waals surface area (Å²) in [5, 5.41) is 5.48. The molecule has 1 unspecified atom stereocenters. The van der Waals surface area contributed by atoms with E-state index >= 15 is 0 Å². The van der Waals surface area contributed by atoms with E-state index in [1.54, 1.807) is 25.1 Å². The fourth-order valence-corrected chi connectivity index (χ4v) is 2.19. The van der Waals surface area contributed by atoms with Crippen molar-refractivity contribution in [2.45, 2.75) is 13.3 Å². The van der Waals surface area contributed by atoms with Gasteiger partial charge in [-0.25, -0.2) is 0 Å². The molecule has 1 atom stereocenters. The Hall–Kier alpha value is -2.24. The lowest BCUT2D eigenvalue weighted by Crippen LogP contribution is -2.35. The number of rotatable bonds is 2. The molecular formula is C13H14N2O4. The molecule has 100 valence electrons. The summed E-state index contributed by atoms with van der Waals surface area (Å²) in [4.78, 5) is 23.4. The number of hydrogen-bond donors (Lipinski definition) is 2. The highest BCUT2D eigenvalue weighted by Crippen LogP contribution is 2.35. The Kier molecular flexibility index (Phi) is 2.58. The third-order valence-electron chi connectivity index (χ3n) is 3.41. The summed E-state index contributed by atoms with van der Waals surface area (Å²) in [5.41, 5.74) is -0.0668. The molecule has 0 aromatic heterocycles. The standard InChI is InChI=1S/C13H14N2O4/c1-13(5-11(16)14-6-13)12(17)15-8-2-3-9-10(4-8)19-7-18-9/h2-4H,5-7H2,1H3,(H,14,16)(H,15,17). The summed E-state index contributed by atoms with van der Waals surface area (Å²) in [6.07, 6.45) is 0.212. The third-order valence-corrected chi connectivity index (χ3v) is 3.41. The zero-order valence-electron chi connectivity index (χ0n) is 10.5. The van der Waals surface area contributed by atoms with Crippen molar-refractivity contribution < 1.29 is 19.1 Å². The second-order valence-electron chi connectivity index (χ2n) is 5.04. The molecule has 3 rings (SSSR count). The van der Waals surface area contributed by atoms with Gasteiger partial charge in [-0.15, -0.1) is 0 Å². The van der Waals surface area contributed by atoms with Crippen LogP contribution in [0.15, 0.2) is 18.2 Å². The predicted octanol–water partition coefficient (Wildman–Crippen LogP) is 0.880. The Labute approximate surface area is 110 Å². The molecule has 2 amide bonds. The molecule has 1 saturated heterocycles. The van der Waals surface area contributed by atoms with Crippen LogP contribution in [0.4, 0.5) is 5.69 Å². The van der Waals surface area contributed by atoms with Gasteiger partial charge in [-0.1, -0.05) is 0 Å². The second-order valence-corrected chi connectivity index (χ2v) is 5.04. The Bertz CT molecular complexity index is 558. The summed E-state index contributed by atoms with van der Waals surface area (Å²) in [7, 11) is 0. The zero-order chi connectivity index (χ0) is 13.5. The van der Waals surface area contributed by atoms with E-state index in [-0.39, 0.29) is 25.0 Å². The van der Waals surface area contributed by atoms with Crippen LogP contribution in [0.25, 0.3) is 0 Å². The van der Waals surface area contributed by atoms with Gasteiger partial charge < -0.3 is 20.1 Å². The molecule has 0 spiro atoms. The van der Waals surface area contributed by atoms with Crippen LogP contribution in [-0.2, 0) is 9.59 Å². The molecule has 1 aromatic carbocycles. The van der Waals surface area contributed by atoms with E-state index in [1.807, 2.05) is 0 Å². The van der Waals surface area contributed by atoms with E-state index in [2.05, 4.69) is 10.6 Å². The van der Waals surface area contributed by atoms with Crippen molar-refractivity contribution >= 4 is 17.5 Å². The van der Waals surface area contributed by atoms with Crippen LogP contribution < -0.4 is 20.1 Å². The van der Waals surface area contributed by atoms with Crippen molar-refractivity contribution in [3.8, 4) is 11.5 Å². The number of carbonyl (C=O) groups excluding carboxylic acids is 2. The number of amides is 2. The van der Waals surface area contributed by atoms with Gasteiger partial charge in [-0.3, -0.25) is 9.59 Å². The number of ether oxygens (including phenoxy) is 2. The van der Waals surface area contributed by atoms with E-state index in [4.69, 9.17) is 9.47 Å². The van der Waals surface area contributed by atoms with Gasteiger partial charge in [0.1, 0.15) is 0 Å². The molecule has 1 fully saturated rings. The molecule has 0 saturated carbocycles. The number of nitrogens with one attached hydrogen (secondary N) is 2. The van der Waals surface area contributed by atoms with Gasteiger partial charge in [0.15, 0.2) is 11.5 Å². The predicted molar refractivity (Wildman–Crippen MR) is 66.9 cm³/mol. The quantitative estimate of drug-likeness (QED) is 0.829. The van der Waals surface area contributed by atoms with E-state index < -0.39 is 5.41 Å². The minimum Gasteiger partial charge on any atom is -0.454 e. The summed E-state index contributed by atoms with van der Waals surface area (Å²) in [6, 6.07) is 5.21. The highest BCUT2D eigenvalue weighted by atomic mass is 16.7. The van der Waals surface area contributed by atoms with E-state index in [0.717, 1.165) is 0 Å². The molecule has 6 nitrogen and oxygen atoms in total. The largest absolute Gasteiger partial charge is 0.454 e. The van der Waals surface area contributed by atoms with Gasteiger partial charge in [0.05, 0.1) is 5.41 Å². The van der Waals surface area contributed by atoms with Gasteiger partial charge in [0, 0.05) is 24.7 Å². The zero-order valence-corrected chi connectivity index (χ0v) is 10.5. The first-order valence-electron chi connectivity index (χ1n) is 6.05. The topological polar surface area (TPSA) is 76.7 Å². The fraction of sp³-hybridized carbons (Fsp3) is 0.385. The van der Waals surface area contributed by atoms with Crippen molar-refractivity contribution in [1.82, 2.24) is 5.32 Å². The third kappa shape index (κ3) is 2.09. The van der Waals surface area contributed by atoms with Crippen molar-refractivity contribution in [2.75, 3.05) is 18.7 Å². The maximum absolute atomic E-state index is 12.2. The first-order valence-corrected chi connectivity index (χ1v) is 6.05. The van der Waals surface area contributed by atoms with Gasteiger partial charge in [-0.05, 0) is 19.1 Å². The molecule has 2 N–H and O–H groups in total. The highest BCUT2D eigenvalue weighted by molar-refractivity contribution is 6.00. The van der Waals surface area contributed by atoms with Crippen LogP contribution in [0, 0.1) is 5.41 Å². The van der Waals surface area contributed by atoms with Crippen LogP contribution in [0.5, 0.6) is 11.5 Å². The molecule has 0 radical (unpaired) electrons. The summed E-state index contributed by atoms with van der Waals surface area (Å²) < 4.78 is 10.5.